The predicted molar refractivity (Wildman–Crippen MR) is 92.7 cm³/mol. The molecule has 0 bridgehead atoms. The van der Waals surface area contributed by atoms with Gasteiger partial charge in [-0.2, -0.15) is 0 Å². The zero-order chi connectivity index (χ0) is 17.6. The molecule has 0 aliphatic carbocycles. The Morgan fingerprint density at radius 2 is 2.12 bits per heavy atom. The van der Waals surface area contributed by atoms with Crippen molar-refractivity contribution >= 4 is 11.8 Å². The summed E-state index contributed by atoms with van der Waals surface area (Å²) in [7, 11) is 0. The molecule has 25 heavy (non-hydrogen) atoms. The van der Waals surface area contributed by atoms with E-state index in [1.165, 1.54) is 6.92 Å². The lowest BCUT2D eigenvalue weighted by Gasteiger charge is -2.27. The van der Waals surface area contributed by atoms with Gasteiger partial charge in [-0.15, -0.1) is 0 Å². The molecule has 2 saturated heterocycles. The van der Waals surface area contributed by atoms with Crippen molar-refractivity contribution in [2.75, 3.05) is 39.4 Å². The van der Waals surface area contributed by atoms with Crippen LogP contribution in [0.2, 0.25) is 0 Å². The molecule has 0 spiro atoms. The zero-order valence-electron chi connectivity index (χ0n) is 14.7. The molecule has 1 atom stereocenters. The van der Waals surface area contributed by atoms with E-state index < -0.39 is 0 Å². The average molecular weight is 346 g/mol. The van der Waals surface area contributed by atoms with E-state index in [1.54, 1.807) is 0 Å². The van der Waals surface area contributed by atoms with Crippen molar-refractivity contribution in [2.45, 2.75) is 32.4 Å². The van der Waals surface area contributed by atoms with Gasteiger partial charge in [0, 0.05) is 39.3 Å². The molecule has 1 aromatic rings. The Hall–Kier alpha value is -1.99. The molecule has 1 aromatic heterocycles. The second-order valence-corrected chi connectivity index (χ2v) is 6.62. The van der Waals surface area contributed by atoms with Gasteiger partial charge in [0.15, 0.2) is 0 Å². The van der Waals surface area contributed by atoms with Crippen LogP contribution in [-0.4, -0.2) is 66.0 Å². The third kappa shape index (κ3) is 4.76. The molecule has 7 nitrogen and oxygen atoms in total. The summed E-state index contributed by atoms with van der Waals surface area (Å²) in [6.45, 7) is 6.44. The Morgan fingerprint density at radius 1 is 1.32 bits per heavy atom. The lowest BCUT2D eigenvalue weighted by molar-refractivity contribution is -0.133. The number of nitrogens with one attached hydrogen (secondary N) is 1. The fourth-order valence-corrected chi connectivity index (χ4v) is 3.49. The van der Waals surface area contributed by atoms with E-state index in [9.17, 15) is 9.59 Å². The molecule has 2 aliphatic heterocycles. The van der Waals surface area contributed by atoms with E-state index in [4.69, 9.17) is 4.74 Å². The molecular weight excluding hydrogens is 320 g/mol. The maximum Gasteiger partial charge on any atom is 0.242 e. The van der Waals surface area contributed by atoms with E-state index >= 15 is 0 Å². The zero-order valence-corrected chi connectivity index (χ0v) is 14.7. The quantitative estimate of drug-likeness (QED) is 0.850. The second-order valence-electron chi connectivity index (χ2n) is 6.62. The number of hydrogen-bond acceptors (Lipinski definition) is 5. The van der Waals surface area contributed by atoms with Crippen LogP contribution >= 0.6 is 0 Å². The molecule has 0 radical (unpaired) electrons. The summed E-state index contributed by atoms with van der Waals surface area (Å²) < 4.78 is 5.39. The van der Waals surface area contributed by atoms with E-state index in [1.807, 2.05) is 17.2 Å². The van der Waals surface area contributed by atoms with E-state index in [2.05, 4.69) is 21.3 Å². The van der Waals surface area contributed by atoms with Crippen molar-refractivity contribution in [1.82, 2.24) is 20.1 Å². The van der Waals surface area contributed by atoms with Gasteiger partial charge in [-0.1, -0.05) is 0 Å². The number of carbonyl (C=O) groups excluding carboxylic acids is 2. The fourth-order valence-electron chi connectivity index (χ4n) is 3.49. The molecule has 1 N–H and O–H groups in total. The normalized spacial score (nSPS) is 21.3. The number of pyridine rings is 1. The highest BCUT2D eigenvalue weighted by atomic mass is 16.5. The van der Waals surface area contributed by atoms with E-state index in [0.29, 0.717) is 0 Å². The summed E-state index contributed by atoms with van der Waals surface area (Å²) in [5.74, 6) is -0.204. The average Bonchev–Trinajstić information content (AvgIpc) is 3.10. The van der Waals surface area contributed by atoms with Gasteiger partial charge in [-0.25, -0.2) is 0 Å². The molecule has 3 rings (SSSR count). The first-order valence-electron chi connectivity index (χ1n) is 8.92. The van der Waals surface area contributed by atoms with Crippen LogP contribution in [0.5, 0.6) is 0 Å². The number of ether oxygens (including phenoxy) is 1. The summed E-state index contributed by atoms with van der Waals surface area (Å²) in [6.07, 6.45) is 3.77. The topological polar surface area (TPSA) is 74.8 Å². The summed E-state index contributed by atoms with van der Waals surface area (Å²) in [4.78, 5) is 32.2. The van der Waals surface area contributed by atoms with Crippen molar-refractivity contribution in [1.29, 1.82) is 0 Å². The van der Waals surface area contributed by atoms with Crippen LogP contribution in [0.4, 0.5) is 0 Å². The van der Waals surface area contributed by atoms with Crippen LogP contribution < -0.4 is 5.32 Å². The van der Waals surface area contributed by atoms with E-state index in [-0.39, 0.29) is 24.4 Å². The minimum atomic E-state index is -0.180. The van der Waals surface area contributed by atoms with Gasteiger partial charge in [0.05, 0.1) is 31.5 Å². The molecule has 0 saturated carbocycles. The van der Waals surface area contributed by atoms with E-state index in [0.717, 1.165) is 63.5 Å². The lowest BCUT2D eigenvalue weighted by Crippen LogP contribution is -2.39. The van der Waals surface area contributed by atoms with Gasteiger partial charge in [0.25, 0.3) is 0 Å². The molecule has 7 heteroatoms. The number of aromatic nitrogens is 1. The van der Waals surface area contributed by atoms with Crippen LogP contribution in [0.1, 0.15) is 37.1 Å². The van der Waals surface area contributed by atoms with Crippen LogP contribution in [0.15, 0.2) is 18.3 Å². The number of rotatable bonds is 5. The van der Waals surface area contributed by atoms with Gasteiger partial charge >= 0.3 is 0 Å². The molecule has 0 aromatic carbocycles. The van der Waals surface area contributed by atoms with Gasteiger partial charge in [0.1, 0.15) is 0 Å². The Bertz CT molecular complexity index is 616. The second kappa shape index (κ2) is 8.40. The van der Waals surface area contributed by atoms with Crippen LogP contribution in [-0.2, 0) is 20.9 Å². The standard InChI is InChI=1S/C18H26N4O3/c1-14(23)20-12-18(24)22-6-2-3-17(22)15-4-5-19-16(11-15)13-21-7-9-25-10-8-21/h4-5,11,17H,2-3,6-10,12-13H2,1H3,(H,20,23)/t17-/m1/s1. The van der Waals surface area contributed by atoms with Crippen molar-refractivity contribution in [3.8, 4) is 0 Å². The summed E-state index contributed by atoms with van der Waals surface area (Å²) in [5.41, 5.74) is 2.16. The largest absolute Gasteiger partial charge is 0.379 e. The highest BCUT2D eigenvalue weighted by molar-refractivity contribution is 5.84. The number of nitrogens with zero attached hydrogens (tertiary/aromatic N) is 3. The van der Waals surface area contributed by atoms with Crippen molar-refractivity contribution in [2.24, 2.45) is 0 Å². The van der Waals surface area contributed by atoms with Crippen molar-refractivity contribution in [3.63, 3.8) is 0 Å². The maximum absolute atomic E-state index is 12.4. The van der Waals surface area contributed by atoms with Crippen LogP contribution in [0.25, 0.3) is 0 Å². The third-order valence-corrected chi connectivity index (χ3v) is 4.78. The van der Waals surface area contributed by atoms with Crippen LogP contribution in [0.3, 0.4) is 0 Å². The van der Waals surface area contributed by atoms with Gasteiger partial charge in [-0.05, 0) is 30.5 Å². The fraction of sp³-hybridized carbons (Fsp3) is 0.611. The highest BCUT2D eigenvalue weighted by Crippen LogP contribution is 2.32. The monoisotopic (exact) mass is 346 g/mol. The Kier molecular flexibility index (Phi) is 5.99. The number of hydrogen-bond donors (Lipinski definition) is 1. The Labute approximate surface area is 148 Å². The smallest absolute Gasteiger partial charge is 0.242 e. The molecule has 0 unspecified atom stereocenters. The number of morpholine rings is 1. The molecule has 136 valence electrons. The molecule has 3 heterocycles. The van der Waals surface area contributed by atoms with Crippen molar-refractivity contribution < 1.29 is 14.3 Å². The Morgan fingerprint density at radius 3 is 2.88 bits per heavy atom. The van der Waals surface area contributed by atoms with Crippen LogP contribution in [0, 0.1) is 0 Å². The first kappa shape index (κ1) is 17.8. The molecule has 2 fully saturated rings. The van der Waals surface area contributed by atoms with Gasteiger partial charge in [0.2, 0.25) is 11.8 Å². The maximum atomic E-state index is 12.4. The summed E-state index contributed by atoms with van der Waals surface area (Å²) >= 11 is 0. The molecule has 2 aliphatic rings. The van der Waals surface area contributed by atoms with Gasteiger partial charge in [-0.3, -0.25) is 19.5 Å². The summed E-state index contributed by atoms with van der Waals surface area (Å²) in [5, 5.41) is 2.60. The molecular formula is C18H26N4O3. The van der Waals surface area contributed by atoms with Gasteiger partial charge < -0.3 is 15.0 Å². The Balaban J connectivity index is 1.66. The predicted octanol–water partition coefficient (Wildman–Crippen LogP) is 0.713. The number of amides is 2. The molecule has 2 amide bonds. The minimum Gasteiger partial charge on any atom is -0.379 e. The lowest BCUT2D eigenvalue weighted by atomic mass is 10.0. The number of carbonyl (C=O) groups is 2. The first-order chi connectivity index (χ1) is 12.1. The summed E-state index contributed by atoms with van der Waals surface area (Å²) in [6, 6.07) is 4.19. The number of likely N-dealkylation sites (tertiary alicyclic amines) is 1. The van der Waals surface area contributed by atoms with Crippen molar-refractivity contribution in [3.05, 3.63) is 29.6 Å². The minimum absolute atomic E-state index is 0.0239. The third-order valence-electron chi connectivity index (χ3n) is 4.78. The highest BCUT2D eigenvalue weighted by Gasteiger charge is 2.30. The first-order valence-corrected chi connectivity index (χ1v) is 8.92. The SMILES string of the molecule is CC(=O)NCC(=O)N1CCC[C@@H]1c1ccnc(CN2CCOCC2)c1.